The van der Waals surface area contributed by atoms with E-state index in [0.29, 0.717) is 13.2 Å². The van der Waals surface area contributed by atoms with Gasteiger partial charge < -0.3 is 15.5 Å². The van der Waals surface area contributed by atoms with Gasteiger partial charge in [-0.25, -0.2) is 15.3 Å². The third-order valence-electron chi connectivity index (χ3n) is 4.33. The molecule has 0 bridgehead atoms. The zero-order chi connectivity index (χ0) is 17.2. The minimum atomic E-state index is -0.0240. The van der Waals surface area contributed by atoms with Crippen LogP contribution in [0.4, 0.5) is 5.95 Å². The summed E-state index contributed by atoms with van der Waals surface area (Å²) < 4.78 is 5.79. The van der Waals surface area contributed by atoms with E-state index < -0.39 is 0 Å². The van der Waals surface area contributed by atoms with Crippen LogP contribution in [0, 0.1) is 6.92 Å². The van der Waals surface area contributed by atoms with Crippen LogP contribution >= 0.6 is 0 Å². The van der Waals surface area contributed by atoms with Crippen molar-refractivity contribution >= 4 is 5.95 Å². The molecule has 3 heterocycles. The number of H-pyrrole nitrogens is 1. The molecule has 25 heavy (non-hydrogen) atoms. The number of rotatable bonds is 3. The number of nitrogens with two attached hydrogens (primary N) is 1. The summed E-state index contributed by atoms with van der Waals surface area (Å²) in [5, 5.41) is 4.42. The lowest BCUT2D eigenvalue weighted by Gasteiger charge is -2.21. The molecule has 0 amide bonds. The van der Waals surface area contributed by atoms with Gasteiger partial charge in [0.15, 0.2) is 0 Å². The molecular weight excluding hydrogens is 314 g/mol. The van der Waals surface area contributed by atoms with Crippen LogP contribution in [-0.2, 0) is 4.74 Å². The Kier molecular flexibility index (Phi) is 4.21. The highest BCUT2D eigenvalue weighted by Crippen LogP contribution is 2.32. The van der Waals surface area contributed by atoms with Gasteiger partial charge in [0.2, 0.25) is 5.95 Å². The van der Waals surface area contributed by atoms with E-state index in [1.807, 2.05) is 12.3 Å². The van der Waals surface area contributed by atoms with Gasteiger partial charge in [-0.1, -0.05) is 29.8 Å². The second-order valence-corrected chi connectivity index (χ2v) is 6.19. The number of anilines is 1. The lowest BCUT2D eigenvalue weighted by Crippen LogP contribution is -2.28. The Morgan fingerprint density at radius 3 is 2.96 bits per heavy atom. The third kappa shape index (κ3) is 3.26. The molecule has 1 aromatic carbocycles. The van der Waals surface area contributed by atoms with Crippen LogP contribution in [0.3, 0.4) is 0 Å². The van der Waals surface area contributed by atoms with Crippen molar-refractivity contribution in [3.8, 4) is 22.4 Å². The van der Waals surface area contributed by atoms with Crippen LogP contribution in [0.5, 0.6) is 0 Å². The minimum Gasteiger partial charge on any atom is -0.369 e. The molecule has 1 radical (unpaired) electrons. The van der Waals surface area contributed by atoms with Crippen LogP contribution in [0.25, 0.3) is 22.4 Å². The first-order valence-electron chi connectivity index (χ1n) is 8.34. The lowest BCUT2D eigenvalue weighted by atomic mass is 10.0. The summed E-state index contributed by atoms with van der Waals surface area (Å²) in [6.07, 6.45) is 3.70. The number of aromatic nitrogens is 3. The normalized spacial score (nSPS) is 17.6. The van der Waals surface area contributed by atoms with Gasteiger partial charge in [0, 0.05) is 42.3 Å². The van der Waals surface area contributed by atoms with Gasteiger partial charge >= 0.3 is 0 Å². The molecule has 2 aromatic heterocycles. The van der Waals surface area contributed by atoms with E-state index in [2.05, 4.69) is 51.5 Å². The molecule has 4 rings (SSSR count). The molecule has 1 aliphatic heterocycles. The number of nitrogens with zero attached hydrogens (tertiary/aromatic N) is 3. The number of hydrogen-bond donors (Lipinski definition) is 2. The van der Waals surface area contributed by atoms with Crippen LogP contribution in [0.15, 0.2) is 42.7 Å². The van der Waals surface area contributed by atoms with Gasteiger partial charge in [0.05, 0.1) is 12.3 Å². The minimum absolute atomic E-state index is 0.0240. The Balaban J connectivity index is 1.75. The second-order valence-electron chi connectivity index (χ2n) is 6.19. The Hall–Kier alpha value is -2.70. The van der Waals surface area contributed by atoms with Crippen molar-refractivity contribution < 1.29 is 4.74 Å². The second kappa shape index (κ2) is 6.66. The lowest BCUT2D eigenvalue weighted by molar-refractivity contribution is 0.0237. The van der Waals surface area contributed by atoms with E-state index in [0.717, 1.165) is 34.6 Å². The first-order chi connectivity index (χ1) is 12.2. The molecule has 3 N–H and O–H groups in total. The van der Waals surface area contributed by atoms with E-state index in [1.165, 1.54) is 5.56 Å². The Labute approximate surface area is 146 Å². The maximum absolute atomic E-state index is 5.85. The first-order valence-corrected chi connectivity index (χ1v) is 8.34. The van der Waals surface area contributed by atoms with E-state index in [1.54, 1.807) is 6.20 Å². The zero-order valence-electron chi connectivity index (χ0n) is 14.1. The molecule has 1 saturated heterocycles. The average Bonchev–Trinajstić information content (AvgIpc) is 3.12. The summed E-state index contributed by atoms with van der Waals surface area (Å²) in [5.74, 6) is 0.262. The van der Waals surface area contributed by atoms with Crippen molar-refractivity contribution in [3.05, 3.63) is 54.0 Å². The van der Waals surface area contributed by atoms with Gasteiger partial charge in [0.1, 0.15) is 6.10 Å². The Morgan fingerprint density at radius 2 is 2.16 bits per heavy atom. The topological polar surface area (TPSA) is 90.9 Å². The van der Waals surface area contributed by atoms with Crippen LogP contribution in [0.2, 0.25) is 0 Å². The molecule has 0 aliphatic carbocycles. The standard InChI is InChI=1S/C19H20N5O/c1-12-3-2-4-13(7-12)15-10-23-19(20)24-18(15)14-8-16(22-9-14)17-11-21-5-6-25-17/h2-4,7-10,17,22H,5-6,11H2,1H3,(H2,20,23,24). The number of aromatic amines is 1. The number of hydrogen-bond acceptors (Lipinski definition) is 4. The van der Waals surface area contributed by atoms with Crippen molar-refractivity contribution in [1.29, 1.82) is 0 Å². The SMILES string of the molecule is Cc1cccc(-c2cnc(N)nc2-c2c[nH]c(C3C[N]CCO3)c2)c1. The van der Waals surface area contributed by atoms with Crippen LogP contribution in [-0.4, -0.2) is 34.6 Å². The predicted octanol–water partition coefficient (Wildman–Crippen LogP) is 2.71. The van der Waals surface area contributed by atoms with Crippen LogP contribution < -0.4 is 11.1 Å². The molecule has 1 unspecified atom stereocenters. The smallest absolute Gasteiger partial charge is 0.220 e. The highest BCUT2D eigenvalue weighted by Gasteiger charge is 2.20. The zero-order valence-corrected chi connectivity index (χ0v) is 14.1. The van der Waals surface area contributed by atoms with Gasteiger partial charge in [-0.15, -0.1) is 0 Å². The molecule has 1 fully saturated rings. The van der Waals surface area contributed by atoms with E-state index in [-0.39, 0.29) is 12.1 Å². The highest BCUT2D eigenvalue weighted by molar-refractivity contribution is 5.81. The van der Waals surface area contributed by atoms with Crippen molar-refractivity contribution in [3.63, 3.8) is 0 Å². The molecule has 6 nitrogen and oxygen atoms in total. The summed E-state index contributed by atoms with van der Waals surface area (Å²) in [7, 11) is 0. The van der Waals surface area contributed by atoms with E-state index in [4.69, 9.17) is 10.5 Å². The number of aryl methyl sites for hydroxylation is 1. The molecule has 1 atom stereocenters. The number of benzene rings is 1. The molecule has 1 aliphatic rings. The van der Waals surface area contributed by atoms with Gasteiger partial charge in [0.25, 0.3) is 0 Å². The summed E-state index contributed by atoms with van der Waals surface area (Å²) in [4.78, 5) is 12.0. The van der Waals surface area contributed by atoms with Crippen molar-refractivity contribution in [2.45, 2.75) is 13.0 Å². The van der Waals surface area contributed by atoms with Gasteiger partial charge in [-0.05, 0) is 18.6 Å². The first kappa shape index (κ1) is 15.8. The largest absolute Gasteiger partial charge is 0.369 e. The third-order valence-corrected chi connectivity index (χ3v) is 4.33. The quantitative estimate of drug-likeness (QED) is 0.770. The van der Waals surface area contributed by atoms with E-state index in [9.17, 15) is 0 Å². The highest BCUT2D eigenvalue weighted by atomic mass is 16.5. The summed E-state index contributed by atoms with van der Waals surface area (Å²) >= 11 is 0. The molecule has 0 saturated carbocycles. The molecular formula is C19H20N5O. The number of nitrogens with one attached hydrogen (secondary N) is 1. The molecule has 127 valence electrons. The molecule has 0 spiro atoms. The summed E-state index contributed by atoms with van der Waals surface area (Å²) in [6.45, 7) is 4.17. The fourth-order valence-electron chi connectivity index (χ4n) is 3.08. The fourth-order valence-corrected chi connectivity index (χ4v) is 3.08. The van der Waals surface area contributed by atoms with Crippen molar-refractivity contribution in [1.82, 2.24) is 20.3 Å². The maximum atomic E-state index is 5.85. The van der Waals surface area contributed by atoms with Crippen molar-refractivity contribution in [2.24, 2.45) is 0 Å². The maximum Gasteiger partial charge on any atom is 0.220 e. The van der Waals surface area contributed by atoms with Crippen LogP contribution in [0.1, 0.15) is 17.4 Å². The summed E-state index contributed by atoms with van der Waals surface area (Å²) in [5.41, 5.74) is 11.9. The van der Waals surface area contributed by atoms with E-state index >= 15 is 0 Å². The molecule has 3 aromatic rings. The fraction of sp³-hybridized carbons (Fsp3) is 0.263. The monoisotopic (exact) mass is 334 g/mol. The predicted molar refractivity (Wildman–Crippen MR) is 97.0 cm³/mol. The number of nitrogen functional groups attached to an aromatic ring is 1. The number of morpholine rings is 1. The molecule has 6 heteroatoms. The average molecular weight is 334 g/mol. The van der Waals surface area contributed by atoms with Gasteiger partial charge in [-0.2, -0.15) is 0 Å². The Bertz CT molecular complexity index is 883. The summed E-state index contributed by atoms with van der Waals surface area (Å²) in [6, 6.07) is 10.3. The van der Waals surface area contributed by atoms with Crippen molar-refractivity contribution in [2.75, 3.05) is 25.4 Å². The Morgan fingerprint density at radius 1 is 1.24 bits per heavy atom. The number of ether oxygens (including phenoxy) is 1. The van der Waals surface area contributed by atoms with Gasteiger partial charge in [-0.3, -0.25) is 0 Å².